The monoisotopic (exact) mass is 416 g/mol. The molecule has 1 aliphatic rings. The van der Waals surface area contributed by atoms with Gasteiger partial charge in [0.15, 0.2) is 0 Å². The van der Waals surface area contributed by atoms with Gasteiger partial charge < -0.3 is 9.15 Å². The standard InChI is InChI=1S/C20H24N4O4S/c1-16-7-8-20(28-16)19(23-9-11-27-12-10-23)14-22-29(25,26)18-13-21-24(15-18)17-5-3-2-4-6-17/h2-8,13,15,19,22H,9-12,14H2,1H3. The summed E-state index contributed by atoms with van der Waals surface area (Å²) in [6.07, 6.45) is 2.87. The first-order chi connectivity index (χ1) is 14.0. The number of ether oxygens (including phenoxy) is 1. The number of nitrogens with zero attached hydrogens (tertiary/aromatic N) is 3. The number of morpholine rings is 1. The summed E-state index contributed by atoms with van der Waals surface area (Å²) in [5.41, 5.74) is 0.797. The van der Waals surface area contributed by atoms with Crippen molar-refractivity contribution in [1.29, 1.82) is 0 Å². The van der Waals surface area contributed by atoms with E-state index >= 15 is 0 Å². The Morgan fingerprint density at radius 3 is 2.59 bits per heavy atom. The van der Waals surface area contributed by atoms with Gasteiger partial charge >= 0.3 is 0 Å². The first-order valence-corrected chi connectivity index (χ1v) is 11.0. The van der Waals surface area contributed by atoms with Gasteiger partial charge in [-0.05, 0) is 31.2 Å². The van der Waals surface area contributed by atoms with Gasteiger partial charge in [0.05, 0.1) is 37.3 Å². The second kappa shape index (κ2) is 8.50. The first-order valence-electron chi connectivity index (χ1n) is 9.51. The van der Waals surface area contributed by atoms with Crippen LogP contribution in [0.4, 0.5) is 0 Å². The van der Waals surface area contributed by atoms with Crippen LogP contribution in [-0.2, 0) is 14.8 Å². The van der Waals surface area contributed by atoms with Crippen LogP contribution in [0, 0.1) is 6.92 Å². The van der Waals surface area contributed by atoms with E-state index in [9.17, 15) is 8.42 Å². The number of hydrogen-bond acceptors (Lipinski definition) is 6. The van der Waals surface area contributed by atoms with E-state index in [1.54, 1.807) is 4.68 Å². The lowest BCUT2D eigenvalue weighted by molar-refractivity contribution is 0.0127. The van der Waals surface area contributed by atoms with Crippen molar-refractivity contribution < 1.29 is 17.6 Å². The Balaban J connectivity index is 1.51. The Morgan fingerprint density at radius 1 is 1.14 bits per heavy atom. The molecule has 0 spiro atoms. The van der Waals surface area contributed by atoms with Gasteiger partial charge in [-0.25, -0.2) is 17.8 Å². The van der Waals surface area contributed by atoms with Crippen molar-refractivity contribution in [2.45, 2.75) is 17.9 Å². The van der Waals surface area contributed by atoms with Crippen LogP contribution in [0.25, 0.3) is 5.69 Å². The minimum absolute atomic E-state index is 0.123. The molecule has 0 aliphatic carbocycles. The third kappa shape index (κ3) is 4.59. The number of aromatic nitrogens is 2. The molecule has 9 heteroatoms. The molecule has 0 radical (unpaired) electrons. The number of aryl methyl sites for hydroxylation is 1. The fourth-order valence-corrected chi connectivity index (χ4v) is 4.34. The number of furan rings is 1. The van der Waals surface area contributed by atoms with Crippen molar-refractivity contribution in [2.24, 2.45) is 0 Å². The summed E-state index contributed by atoms with van der Waals surface area (Å²) in [7, 11) is -3.72. The molecule has 8 nitrogen and oxygen atoms in total. The minimum atomic E-state index is -3.72. The molecule has 3 heterocycles. The van der Waals surface area contributed by atoms with Crippen LogP contribution in [0.1, 0.15) is 17.6 Å². The lowest BCUT2D eigenvalue weighted by Gasteiger charge is -2.33. The fourth-order valence-electron chi connectivity index (χ4n) is 3.37. The van der Waals surface area contributed by atoms with Gasteiger partial charge in [-0.3, -0.25) is 4.90 Å². The van der Waals surface area contributed by atoms with E-state index in [0.717, 1.165) is 30.3 Å². The molecular formula is C20H24N4O4S. The van der Waals surface area contributed by atoms with Crippen molar-refractivity contribution in [3.8, 4) is 5.69 Å². The maximum absolute atomic E-state index is 12.9. The van der Waals surface area contributed by atoms with E-state index in [1.807, 2.05) is 49.4 Å². The Bertz CT molecular complexity index is 1040. The molecule has 0 amide bonds. The summed E-state index contributed by atoms with van der Waals surface area (Å²) in [4.78, 5) is 2.30. The van der Waals surface area contributed by atoms with Gasteiger partial charge in [-0.1, -0.05) is 18.2 Å². The van der Waals surface area contributed by atoms with Gasteiger partial charge in [0.25, 0.3) is 0 Å². The number of benzene rings is 1. The maximum Gasteiger partial charge on any atom is 0.243 e. The van der Waals surface area contributed by atoms with Crippen molar-refractivity contribution in [2.75, 3.05) is 32.8 Å². The highest BCUT2D eigenvalue weighted by atomic mass is 32.2. The molecule has 0 bridgehead atoms. The van der Waals surface area contributed by atoms with Gasteiger partial charge in [0.2, 0.25) is 10.0 Å². The zero-order chi connectivity index (χ0) is 20.3. The SMILES string of the molecule is Cc1ccc(C(CNS(=O)(=O)c2cnn(-c3ccccc3)c2)N2CCOCC2)o1. The van der Waals surface area contributed by atoms with Gasteiger partial charge in [-0.2, -0.15) is 5.10 Å². The highest BCUT2D eigenvalue weighted by molar-refractivity contribution is 7.89. The molecule has 2 aromatic heterocycles. The van der Waals surface area contributed by atoms with Crippen LogP contribution in [0.15, 0.2) is 64.2 Å². The normalized spacial score (nSPS) is 16.7. The largest absolute Gasteiger partial charge is 0.465 e. The fraction of sp³-hybridized carbons (Fsp3) is 0.350. The van der Waals surface area contributed by atoms with E-state index in [1.165, 1.54) is 12.4 Å². The molecule has 1 aliphatic heterocycles. The highest BCUT2D eigenvalue weighted by Crippen LogP contribution is 2.24. The lowest BCUT2D eigenvalue weighted by atomic mass is 10.2. The van der Waals surface area contributed by atoms with E-state index in [-0.39, 0.29) is 17.5 Å². The molecule has 1 atom stereocenters. The molecule has 1 unspecified atom stereocenters. The molecule has 3 aromatic rings. The molecule has 154 valence electrons. The molecule has 1 saturated heterocycles. The van der Waals surface area contributed by atoms with Crippen LogP contribution in [0.2, 0.25) is 0 Å². The highest BCUT2D eigenvalue weighted by Gasteiger charge is 2.27. The summed E-state index contributed by atoms with van der Waals surface area (Å²) in [5.74, 6) is 1.54. The number of hydrogen-bond donors (Lipinski definition) is 1. The first kappa shape index (κ1) is 19.8. The quantitative estimate of drug-likeness (QED) is 0.635. The molecule has 29 heavy (non-hydrogen) atoms. The van der Waals surface area contributed by atoms with Crippen LogP contribution in [0.5, 0.6) is 0 Å². The van der Waals surface area contributed by atoms with Gasteiger partial charge in [0.1, 0.15) is 16.4 Å². The average Bonchev–Trinajstić information content (AvgIpc) is 3.40. The minimum Gasteiger partial charge on any atom is -0.465 e. The van der Waals surface area contributed by atoms with Crippen LogP contribution >= 0.6 is 0 Å². The van der Waals surface area contributed by atoms with Crippen molar-refractivity contribution in [1.82, 2.24) is 19.4 Å². The number of sulfonamides is 1. The molecule has 1 N–H and O–H groups in total. The number of para-hydroxylation sites is 1. The smallest absolute Gasteiger partial charge is 0.243 e. The number of nitrogens with one attached hydrogen (secondary N) is 1. The van der Waals surface area contributed by atoms with E-state index in [0.29, 0.717) is 13.2 Å². The topological polar surface area (TPSA) is 89.6 Å². The summed E-state index contributed by atoms with van der Waals surface area (Å²) in [5, 5.41) is 4.18. The van der Waals surface area contributed by atoms with Crippen LogP contribution < -0.4 is 4.72 Å². The third-order valence-corrected chi connectivity index (χ3v) is 6.31. The molecule has 1 fully saturated rings. The van der Waals surface area contributed by atoms with Gasteiger partial charge in [0, 0.05) is 19.6 Å². The predicted octanol–water partition coefficient (Wildman–Crippen LogP) is 2.13. The van der Waals surface area contributed by atoms with E-state index in [4.69, 9.17) is 9.15 Å². The second-order valence-electron chi connectivity index (χ2n) is 6.92. The van der Waals surface area contributed by atoms with Crippen molar-refractivity contribution in [3.05, 3.63) is 66.4 Å². The zero-order valence-corrected chi connectivity index (χ0v) is 17.0. The van der Waals surface area contributed by atoms with Crippen molar-refractivity contribution >= 4 is 10.0 Å². The van der Waals surface area contributed by atoms with Crippen LogP contribution in [-0.4, -0.2) is 55.9 Å². The number of rotatable bonds is 7. The Labute approximate surface area is 170 Å². The molecule has 1 aromatic carbocycles. The van der Waals surface area contributed by atoms with Gasteiger partial charge in [-0.15, -0.1) is 0 Å². The van der Waals surface area contributed by atoms with Crippen LogP contribution in [0.3, 0.4) is 0 Å². The summed E-state index contributed by atoms with van der Waals surface area (Å²) in [6, 6.07) is 13.0. The maximum atomic E-state index is 12.9. The van der Waals surface area contributed by atoms with Crippen molar-refractivity contribution in [3.63, 3.8) is 0 Å². The lowest BCUT2D eigenvalue weighted by Crippen LogP contribution is -2.43. The molecule has 4 rings (SSSR count). The second-order valence-corrected chi connectivity index (χ2v) is 8.69. The summed E-state index contributed by atoms with van der Waals surface area (Å²) in [6.45, 7) is 4.75. The Kier molecular flexibility index (Phi) is 5.81. The van der Waals surface area contributed by atoms with E-state index < -0.39 is 10.0 Å². The Morgan fingerprint density at radius 2 is 1.90 bits per heavy atom. The third-order valence-electron chi connectivity index (χ3n) is 4.93. The predicted molar refractivity (Wildman–Crippen MR) is 107 cm³/mol. The average molecular weight is 417 g/mol. The zero-order valence-electron chi connectivity index (χ0n) is 16.2. The molecular weight excluding hydrogens is 392 g/mol. The summed E-state index contributed by atoms with van der Waals surface area (Å²) < 4.78 is 41.2. The van der Waals surface area contributed by atoms with E-state index in [2.05, 4.69) is 14.7 Å². The molecule has 0 saturated carbocycles. The summed E-state index contributed by atoms with van der Waals surface area (Å²) >= 11 is 0. The Hall–Kier alpha value is -2.46.